The zero-order valence-electron chi connectivity index (χ0n) is 18.4. The Kier molecular flexibility index (Phi) is 5.92. The van der Waals surface area contributed by atoms with Crippen molar-refractivity contribution in [1.82, 2.24) is 24.9 Å². The molecule has 3 atom stereocenters. The minimum Gasteiger partial charge on any atom is -0.507 e. The van der Waals surface area contributed by atoms with Crippen LogP contribution in [0.5, 0.6) is 11.6 Å². The summed E-state index contributed by atoms with van der Waals surface area (Å²) in [4.78, 5) is 4.30. The number of pyridine rings is 1. The number of hydrogen-bond donors (Lipinski definition) is 2. The number of ether oxygens (including phenoxy) is 1. The number of rotatable bonds is 5. The maximum absolute atomic E-state index is 14.5. The summed E-state index contributed by atoms with van der Waals surface area (Å²) in [7, 11) is 1.89. The fourth-order valence-corrected chi connectivity index (χ4v) is 4.37. The monoisotopic (exact) mass is 447 g/mol. The second-order valence-electron chi connectivity index (χ2n) is 8.42. The summed E-state index contributed by atoms with van der Waals surface area (Å²) in [6.07, 6.45) is 6.84. The summed E-state index contributed by atoms with van der Waals surface area (Å²) in [5.74, 6) is 0.385. The predicted octanol–water partition coefficient (Wildman–Crippen LogP) is 4.41. The molecule has 33 heavy (non-hydrogen) atoms. The van der Waals surface area contributed by atoms with Gasteiger partial charge < -0.3 is 19.6 Å². The van der Waals surface area contributed by atoms with E-state index in [0.717, 1.165) is 29.6 Å². The quantitative estimate of drug-likeness (QED) is 0.441. The molecule has 1 aromatic carbocycles. The van der Waals surface area contributed by atoms with Crippen molar-refractivity contribution in [3.63, 3.8) is 0 Å². The highest BCUT2D eigenvalue weighted by Gasteiger charge is 2.29. The van der Waals surface area contributed by atoms with Crippen LogP contribution in [-0.4, -0.2) is 50.1 Å². The van der Waals surface area contributed by atoms with Gasteiger partial charge in [0.25, 0.3) is 0 Å². The maximum atomic E-state index is 14.5. The van der Waals surface area contributed by atoms with Crippen molar-refractivity contribution in [3.05, 3.63) is 61.1 Å². The molecule has 0 saturated heterocycles. The van der Waals surface area contributed by atoms with E-state index in [1.165, 1.54) is 0 Å². The summed E-state index contributed by atoms with van der Waals surface area (Å²) in [6.45, 7) is 0. The SMILES string of the molecule is CNC1CCCC(F)[C@@H](Oc2ccc(-c3ccc(-c4ccn5ccnc5c4)cc3O)nn2)C1. The second kappa shape index (κ2) is 9.15. The standard InChI is InChI=1S/C25H26FN5O2/c1-27-18-3-2-4-20(26)23(15-18)33-25-8-7-21(29-30-25)19-6-5-16(13-22(19)32)17-9-11-31-12-10-28-24(31)14-17/h5-14,18,20,23,27,32H,2-4,15H2,1H3/t18?,20?,23-/m0/s1. The van der Waals surface area contributed by atoms with E-state index < -0.39 is 12.3 Å². The van der Waals surface area contributed by atoms with Crippen LogP contribution in [-0.2, 0) is 0 Å². The van der Waals surface area contributed by atoms with Gasteiger partial charge in [0.2, 0.25) is 5.88 Å². The molecule has 0 amide bonds. The van der Waals surface area contributed by atoms with E-state index in [2.05, 4.69) is 20.5 Å². The lowest BCUT2D eigenvalue weighted by molar-refractivity contribution is 0.0837. The Hall–Kier alpha value is -3.52. The van der Waals surface area contributed by atoms with E-state index in [1.807, 2.05) is 48.1 Å². The Morgan fingerprint density at radius 2 is 1.94 bits per heavy atom. The molecule has 0 radical (unpaired) electrons. The van der Waals surface area contributed by atoms with Gasteiger partial charge >= 0.3 is 0 Å². The van der Waals surface area contributed by atoms with Crippen LogP contribution < -0.4 is 10.1 Å². The number of alkyl halides is 1. The number of benzene rings is 1. The first-order valence-corrected chi connectivity index (χ1v) is 11.2. The lowest BCUT2D eigenvalue weighted by Crippen LogP contribution is -2.35. The van der Waals surface area contributed by atoms with Gasteiger partial charge in [-0.25, -0.2) is 9.37 Å². The Morgan fingerprint density at radius 3 is 2.73 bits per heavy atom. The fourth-order valence-electron chi connectivity index (χ4n) is 4.37. The van der Waals surface area contributed by atoms with Gasteiger partial charge in [0.15, 0.2) is 0 Å². The second-order valence-corrected chi connectivity index (χ2v) is 8.42. The average molecular weight is 448 g/mol. The highest BCUT2D eigenvalue weighted by atomic mass is 19.1. The molecule has 0 aliphatic heterocycles. The molecule has 2 N–H and O–H groups in total. The van der Waals surface area contributed by atoms with Gasteiger partial charge in [0, 0.05) is 42.7 Å². The average Bonchev–Trinajstić information content (AvgIpc) is 3.23. The van der Waals surface area contributed by atoms with E-state index in [1.54, 1.807) is 24.4 Å². The number of phenols is 1. The van der Waals surface area contributed by atoms with Crippen LogP contribution in [0.2, 0.25) is 0 Å². The molecule has 170 valence electrons. The third kappa shape index (κ3) is 4.52. The molecule has 1 aliphatic rings. The zero-order chi connectivity index (χ0) is 22.8. The highest BCUT2D eigenvalue weighted by Crippen LogP contribution is 2.33. The van der Waals surface area contributed by atoms with Crippen molar-refractivity contribution in [3.8, 4) is 34.0 Å². The van der Waals surface area contributed by atoms with Crippen LogP contribution in [0.3, 0.4) is 0 Å². The molecular formula is C25H26FN5O2. The number of nitrogens with one attached hydrogen (secondary N) is 1. The Balaban J connectivity index is 1.33. The number of aromatic nitrogens is 4. The minimum absolute atomic E-state index is 0.100. The number of halogens is 1. The van der Waals surface area contributed by atoms with Crippen molar-refractivity contribution in [2.24, 2.45) is 0 Å². The molecule has 3 aromatic heterocycles. The molecule has 3 heterocycles. The summed E-state index contributed by atoms with van der Waals surface area (Å²) < 4.78 is 22.3. The van der Waals surface area contributed by atoms with Gasteiger partial charge in [-0.1, -0.05) is 6.07 Å². The van der Waals surface area contributed by atoms with Crippen LogP contribution in [0, 0.1) is 0 Å². The molecule has 1 fully saturated rings. The van der Waals surface area contributed by atoms with Crippen molar-refractivity contribution in [2.75, 3.05) is 7.05 Å². The molecule has 5 rings (SSSR count). The summed E-state index contributed by atoms with van der Waals surface area (Å²) in [6, 6.07) is 13.0. The number of imidazole rings is 1. The van der Waals surface area contributed by atoms with E-state index in [9.17, 15) is 9.50 Å². The molecule has 1 saturated carbocycles. The Labute approximate surface area is 191 Å². The number of hydrogen-bond acceptors (Lipinski definition) is 6. The van der Waals surface area contributed by atoms with E-state index in [0.29, 0.717) is 24.1 Å². The normalized spacial score (nSPS) is 21.1. The molecule has 7 nitrogen and oxygen atoms in total. The van der Waals surface area contributed by atoms with E-state index in [-0.39, 0.29) is 17.7 Å². The number of nitrogens with zero attached hydrogens (tertiary/aromatic N) is 4. The molecule has 0 bridgehead atoms. The molecule has 8 heteroatoms. The lowest BCUT2D eigenvalue weighted by atomic mass is 10.0. The summed E-state index contributed by atoms with van der Waals surface area (Å²) in [5.41, 5.74) is 3.74. The summed E-state index contributed by atoms with van der Waals surface area (Å²) >= 11 is 0. The van der Waals surface area contributed by atoms with Gasteiger partial charge in [-0.2, -0.15) is 0 Å². The highest BCUT2D eigenvalue weighted by molar-refractivity contribution is 5.75. The molecule has 0 spiro atoms. The van der Waals surface area contributed by atoms with Crippen molar-refractivity contribution >= 4 is 5.65 Å². The Morgan fingerprint density at radius 1 is 1.06 bits per heavy atom. The molecule has 4 aromatic rings. The van der Waals surface area contributed by atoms with E-state index in [4.69, 9.17) is 4.74 Å². The minimum atomic E-state index is -1.03. The van der Waals surface area contributed by atoms with Crippen LogP contribution in [0.15, 0.2) is 61.1 Å². The first kappa shape index (κ1) is 21.3. The first-order valence-electron chi connectivity index (χ1n) is 11.2. The van der Waals surface area contributed by atoms with Crippen LogP contribution in [0.1, 0.15) is 25.7 Å². The maximum Gasteiger partial charge on any atom is 0.233 e. The smallest absolute Gasteiger partial charge is 0.233 e. The zero-order valence-corrected chi connectivity index (χ0v) is 18.4. The number of aromatic hydroxyl groups is 1. The topological polar surface area (TPSA) is 84.6 Å². The number of phenolic OH excluding ortho intramolecular Hbond substituents is 1. The van der Waals surface area contributed by atoms with Crippen LogP contribution in [0.4, 0.5) is 4.39 Å². The first-order chi connectivity index (χ1) is 16.1. The largest absolute Gasteiger partial charge is 0.507 e. The van der Waals surface area contributed by atoms with Crippen molar-refractivity contribution in [2.45, 2.75) is 44.0 Å². The predicted molar refractivity (Wildman–Crippen MR) is 124 cm³/mol. The third-order valence-corrected chi connectivity index (χ3v) is 6.28. The van der Waals surface area contributed by atoms with Gasteiger partial charge in [0.1, 0.15) is 23.7 Å². The summed E-state index contributed by atoms with van der Waals surface area (Å²) in [5, 5.41) is 22.2. The fraction of sp³-hybridized carbons (Fsp3) is 0.320. The Bertz CT molecular complexity index is 1240. The van der Waals surface area contributed by atoms with Gasteiger partial charge in [-0.05, 0) is 67.8 Å². The number of fused-ring (bicyclic) bond motifs is 1. The molecule has 1 aliphatic carbocycles. The van der Waals surface area contributed by atoms with Crippen molar-refractivity contribution < 1.29 is 14.2 Å². The van der Waals surface area contributed by atoms with Gasteiger partial charge in [0.05, 0.1) is 5.69 Å². The molecule has 2 unspecified atom stereocenters. The lowest BCUT2D eigenvalue weighted by Gasteiger charge is -2.22. The van der Waals surface area contributed by atoms with Gasteiger partial charge in [-0.15, -0.1) is 10.2 Å². The third-order valence-electron chi connectivity index (χ3n) is 6.28. The molecular weight excluding hydrogens is 421 g/mol. The van der Waals surface area contributed by atoms with Gasteiger partial charge in [-0.3, -0.25) is 0 Å². The van der Waals surface area contributed by atoms with Crippen molar-refractivity contribution in [1.29, 1.82) is 0 Å². The van der Waals surface area contributed by atoms with Crippen LogP contribution in [0.25, 0.3) is 28.0 Å². The van der Waals surface area contributed by atoms with Crippen LogP contribution >= 0.6 is 0 Å². The van der Waals surface area contributed by atoms with E-state index >= 15 is 0 Å².